The van der Waals surface area contributed by atoms with Gasteiger partial charge < -0.3 is 4.74 Å². The van der Waals surface area contributed by atoms with Gasteiger partial charge in [-0.2, -0.15) is 4.31 Å². The smallest absolute Gasteiger partial charge is 0.252 e. The SMILES string of the molecule is COc1ccc(-c2csc(CN3CCN(S(=O)(=O)c4cccs4)CC3)n2)cc1. The number of hydrogen-bond acceptors (Lipinski definition) is 7. The Morgan fingerprint density at radius 1 is 1.07 bits per heavy atom. The average Bonchev–Trinajstić information content (AvgIpc) is 3.41. The van der Waals surface area contributed by atoms with E-state index in [0.29, 0.717) is 30.4 Å². The lowest BCUT2D eigenvalue weighted by molar-refractivity contribution is 0.181. The fourth-order valence-electron chi connectivity index (χ4n) is 3.13. The van der Waals surface area contributed by atoms with Gasteiger partial charge in [0.05, 0.1) is 19.3 Å². The molecule has 28 heavy (non-hydrogen) atoms. The van der Waals surface area contributed by atoms with Crippen molar-refractivity contribution in [2.24, 2.45) is 0 Å². The Hall–Kier alpha value is -1.78. The molecule has 6 nitrogen and oxygen atoms in total. The van der Waals surface area contributed by atoms with Crippen molar-refractivity contribution < 1.29 is 13.2 Å². The highest BCUT2D eigenvalue weighted by Gasteiger charge is 2.29. The van der Waals surface area contributed by atoms with E-state index >= 15 is 0 Å². The molecule has 3 heterocycles. The predicted octanol–water partition coefficient (Wildman–Crippen LogP) is 3.39. The molecule has 3 aromatic rings. The van der Waals surface area contributed by atoms with E-state index in [2.05, 4.69) is 10.3 Å². The van der Waals surface area contributed by atoms with E-state index in [0.717, 1.165) is 28.6 Å². The highest BCUT2D eigenvalue weighted by atomic mass is 32.2. The van der Waals surface area contributed by atoms with Crippen molar-refractivity contribution >= 4 is 32.7 Å². The van der Waals surface area contributed by atoms with Gasteiger partial charge in [0.1, 0.15) is 15.0 Å². The highest BCUT2D eigenvalue weighted by Crippen LogP contribution is 2.26. The van der Waals surface area contributed by atoms with Crippen LogP contribution in [0.15, 0.2) is 51.4 Å². The molecule has 1 aliphatic rings. The molecule has 2 aromatic heterocycles. The van der Waals surface area contributed by atoms with Gasteiger partial charge in [-0.3, -0.25) is 4.90 Å². The van der Waals surface area contributed by atoms with Crippen molar-refractivity contribution in [3.8, 4) is 17.0 Å². The van der Waals surface area contributed by atoms with Crippen molar-refractivity contribution in [3.63, 3.8) is 0 Å². The Morgan fingerprint density at radius 2 is 1.82 bits per heavy atom. The fraction of sp³-hybridized carbons (Fsp3) is 0.316. The minimum Gasteiger partial charge on any atom is -0.497 e. The van der Waals surface area contributed by atoms with E-state index in [9.17, 15) is 8.42 Å². The summed E-state index contributed by atoms with van der Waals surface area (Å²) in [6.07, 6.45) is 0. The third-order valence-corrected chi connectivity index (χ3v) is 8.82. The average molecular weight is 436 g/mol. The van der Waals surface area contributed by atoms with Crippen LogP contribution in [0, 0.1) is 0 Å². The lowest BCUT2D eigenvalue weighted by Gasteiger charge is -2.33. The number of benzene rings is 1. The third-order valence-electron chi connectivity index (χ3n) is 4.72. The standard InChI is InChI=1S/C19H21N3O3S3/c1-25-16-6-4-15(5-7-16)17-14-27-18(20-17)13-21-8-10-22(11-9-21)28(23,24)19-3-2-12-26-19/h2-7,12,14H,8-11,13H2,1H3. The molecule has 0 aliphatic carbocycles. The summed E-state index contributed by atoms with van der Waals surface area (Å²) in [5.41, 5.74) is 2.02. The van der Waals surface area contributed by atoms with Crippen molar-refractivity contribution in [3.05, 3.63) is 52.2 Å². The third kappa shape index (κ3) is 4.13. The van der Waals surface area contributed by atoms with Crippen LogP contribution in [0.1, 0.15) is 5.01 Å². The molecule has 148 valence electrons. The van der Waals surface area contributed by atoms with Gasteiger partial charge in [-0.1, -0.05) is 6.07 Å². The van der Waals surface area contributed by atoms with E-state index in [1.54, 1.807) is 40.3 Å². The maximum atomic E-state index is 12.6. The van der Waals surface area contributed by atoms with Crippen LogP contribution in [0.5, 0.6) is 5.75 Å². The summed E-state index contributed by atoms with van der Waals surface area (Å²) in [4.78, 5) is 7.01. The Morgan fingerprint density at radius 3 is 2.46 bits per heavy atom. The number of hydrogen-bond donors (Lipinski definition) is 0. The number of rotatable bonds is 6. The molecule has 0 bridgehead atoms. The van der Waals surface area contributed by atoms with Crippen LogP contribution < -0.4 is 4.74 Å². The molecule has 0 amide bonds. The summed E-state index contributed by atoms with van der Waals surface area (Å²) in [6.45, 7) is 3.19. The molecule has 0 spiro atoms. The van der Waals surface area contributed by atoms with Crippen LogP contribution in [-0.4, -0.2) is 55.9 Å². The maximum absolute atomic E-state index is 12.6. The van der Waals surface area contributed by atoms with Crippen molar-refractivity contribution in [1.82, 2.24) is 14.2 Å². The van der Waals surface area contributed by atoms with Gasteiger partial charge in [-0.25, -0.2) is 13.4 Å². The van der Waals surface area contributed by atoms with Gasteiger partial charge in [0.25, 0.3) is 10.0 Å². The molecular formula is C19H21N3O3S3. The first-order valence-corrected chi connectivity index (χ1v) is 12.1. The normalized spacial score (nSPS) is 16.3. The Labute approximate surface area is 173 Å². The first-order chi connectivity index (χ1) is 13.6. The van der Waals surface area contributed by atoms with Crippen LogP contribution in [0.25, 0.3) is 11.3 Å². The van der Waals surface area contributed by atoms with Crippen molar-refractivity contribution in [2.45, 2.75) is 10.8 Å². The summed E-state index contributed by atoms with van der Waals surface area (Å²) < 4.78 is 32.4. The monoisotopic (exact) mass is 435 g/mol. The minimum absolute atomic E-state index is 0.421. The lowest BCUT2D eigenvalue weighted by Crippen LogP contribution is -2.48. The number of nitrogens with zero attached hydrogens (tertiary/aromatic N) is 3. The number of ether oxygens (including phenoxy) is 1. The van der Waals surface area contributed by atoms with Crippen LogP contribution in [0.2, 0.25) is 0 Å². The predicted molar refractivity (Wildman–Crippen MR) is 112 cm³/mol. The number of thiophene rings is 1. The van der Waals surface area contributed by atoms with Gasteiger partial charge in [-0.05, 0) is 35.7 Å². The quantitative estimate of drug-likeness (QED) is 0.594. The second kappa shape index (κ2) is 8.30. The molecule has 1 fully saturated rings. The van der Waals surface area contributed by atoms with Gasteiger partial charge in [0, 0.05) is 37.1 Å². The topological polar surface area (TPSA) is 62.7 Å². The Kier molecular flexibility index (Phi) is 5.79. The molecule has 0 unspecified atom stereocenters. The summed E-state index contributed by atoms with van der Waals surface area (Å²) in [7, 11) is -1.70. The van der Waals surface area contributed by atoms with Crippen LogP contribution in [-0.2, 0) is 16.6 Å². The molecule has 0 atom stereocenters. The number of methoxy groups -OCH3 is 1. The molecule has 0 saturated carbocycles. The van der Waals surface area contributed by atoms with Gasteiger partial charge >= 0.3 is 0 Å². The minimum atomic E-state index is -3.35. The van der Waals surface area contributed by atoms with Gasteiger partial charge in [0.2, 0.25) is 0 Å². The molecule has 0 radical (unpaired) electrons. The van der Waals surface area contributed by atoms with Crippen LogP contribution in [0.4, 0.5) is 0 Å². The Bertz CT molecular complexity index is 1010. The molecule has 1 aromatic carbocycles. The highest BCUT2D eigenvalue weighted by molar-refractivity contribution is 7.91. The summed E-state index contributed by atoms with van der Waals surface area (Å²) in [5.74, 6) is 0.828. The number of piperazine rings is 1. The number of sulfonamides is 1. The summed E-state index contributed by atoms with van der Waals surface area (Å²) in [5, 5.41) is 4.90. The van der Waals surface area contributed by atoms with Gasteiger partial charge in [-0.15, -0.1) is 22.7 Å². The number of aromatic nitrogens is 1. The second-order valence-corrected chi connectivity index (χ2v) is 10.5. The molecule has 1 aliphatic heterocycles. The molecule has 0 N–H and O–H groups in total. The first kappa shape index (κ1) is 19.5. The zero-order valence-corrected chi connectivity index (χ0v) is 17.9. The van der Waals surface area contributed by atoms with Crippen molar-refractivity contribution in [2.75, 3.05) is 33.3 Å². The molecule has 9 heteroatoms. The first-order valence-electron chi connectivity index (χ1n) is 8.91. The second-order valence-electron chi connectivity index (χ2n) is 6.47. The van der Waals surface area contributed by atoms with Crippen molar-refractivity contribution in [1.29, 1.82) is 0 Å². The van der Waals surface area contributed by atoms with Gasteiger partial charge in [0.15, 0.2) is 0 Å². The van der Waals surface area contributed by atoms with E-state index in [-0.39, 0.29) is 0 Å². The zero-order chi connectivity index (χ0) is 19.6. The zero-order valence-electron chi connectivity index (χ0n) is 15.4. The van der Waals surface area contributed by atoms with Crippen LogP contribution in [0.3, 0.4) is 0 Å². The van der Waals surface area contributed by atoms with E-state index in [4.69, 9.17) is 9.72 Å². The molecule has 1 saturated heterocycles. The molecule has 4 rings (SSSR count). The van der Waals surface area contributed by atoms with E-state index < -0.39 is 10.0 Å². The fourth-order valence-corrected chi connectivity index (χ4v) is 6.55. The molecular weight excluding hydrogens is 414 g/mol. The van der Waals surface area contributed by atoms with E-state index in [1.165, 1.54) is 11.3 Å². The van der Waals surface area contributed by atoms with Crippen LogP contribution >= 0.6 is 22.7 Å². The Balaban J connectivity index is 1.36. The summed E-state index contributed by atoms with van der Waals surface area (Å²) in [6, 6.07) is 11.3. The van der Waals surface area contributed by atoms with E-state index in [1.807, 2.05) is 24.3 Å². The largest absolute Gasteiger partial charge is 0.497 e. The number of thiazole rings is 1. The maximum Gasteiger partial charge on any atom is 0.252 e. The summed E-state index contributed by atoms with van der Waals surface area (Å²) >= 11 is 2.91. The lowest BCUT2D eigenvalue weighted by atomic mass is 10.2.